The third-order valence-corrected chi connectivity index (χ3v) is 5.39. The monoisotopic (exact) mass is 442 g/mol. The number of amides is 2. The van der Waals surface area contributed by atoms with Crippen molar-refractivity contribution in [1.29, 1.82) is 0 Å². The minimum atomic E-state index is -5.24. The summed E-state index contributed by atoms with van der Waals surface area (Å²) >= 11 is 0. The molecule has 0 aliphatic carbocycles. The highest BCUT2D eigenvalue weighted by Gasteiger charge is 2.67. The lowest BCUT2D eigenvalue weighted by molar-refractivity contribution is -0.213. The van der Waals surface area contributed by atoms with Crippen LogP contribution in [0.25, 0.3) is 0 Å². The second kappa shape index (κ2) is 9.75. The summed E-state index contributed by atoms with van der Waals surface area (Å²) in [6.07, 6.45) is -1.27. The van der Waals surface area contributed by atoms with Gasteiger partial charge < -0.3 is 29.9 Å². The highest BCUT2D eigenvalue weighted by molar-refractivity contribution is 5.95. The number of halogens is 4. The molecule has 2 amide bonds. The van der Waals surface area contributed by atoms with Crippen molar-refractivity contribution in [1.82, 2.24) is 20.4 Å². The van der Waals surface area contributed by atoms with Crippen LogP contribution in [0.2, 0.25) is 0 Å². The first-order valence-corrected chi connectivity index (χ1v) is 9.84. The van der Waals surface area contributed by atoms with Crippen LogP contribution in [0, 0.1) is 0 Å². The van der Waals surface area contributed by atoms with E-state index in [0.29, 0.717) is 39.4 Å². The Morgan fingerprint density at radius 2 is 1.17 bits per heavy atom. The van der Waals surface area contributed by atoms with Gasteiger partial charge in [-0.05, 0) is 27.9 Å². The molecule has 2 N–H and O–H groups in total. The number of nitrogens with one attached hydrogen (secondary N) is 2. The van der Waals surface area contributed by atoms with E-state index in [1.807, 2.05) is 20.4 Å². The Hall–Kier alpha value is -1.50. The lowest BCUT2D eigenvalue weighted by Gasteiger charge is -2.36. The summed E-state index contributed by atoms with van der Waals surface area (Å²) < 4.78 is 68.0. The molecular weight excluding hydrogens is 412 g/mol. The zero-order valence-electron chi connectivity index (χ0n) is 17.6. The van der Waals surface area contributed by atoms with Crippen molar-refractivity contribution in [2.45, 2.75) is 50.0 Å². The SMILES string of the molecule is CC(NC(=O)C(F)(F)C(F)(F)C(=O)NC(C)C1CN(C)CCO1)C1CN(C)CCO1. The molecule has 0 aromatic rings. The minimum absolute atomic E-state index is 0.326. The third kappa shape index (κ3) is 5.59. The summed E-state index contributed by atoms with van der Waals surface area (Å²) in [6.45, 7) is 5.37. The fraction of sp³-hybridized carbons (Fsp3) is 0.889. The number of hydrogen-bond donors (Lipinski definition) is 2. The number of ether oxygens (including phenoxy) is 2. The van der Waals surface area contributed by atoms with Gasteiger partial charge in [0.15, 0.2) is 0 Å². The van der Waals surface area contributed by atoms with Crippen molar-refractivity contribution < 1.29 is 36.6 Å². The zero-order chi connectivity index (χ0) is 22.7. The molecule has 0 bridgehead atoms. The van der Waals surface area contributed by atoms with Crippen LogP contribution in [0.5, 0.6) is 0 Å². The van der Waals surface area contributed by atoms with Crippen LogP contribution in [-0.2, 0) is 19.1 Å². The largest absolute Gasteiger partial charge is 0.395 e. The molecule has 2 rings (SSSR count). The Morgan fingerprint density at radius 3 is 1.47 bits per heavy atom. The van der Waals surface area contributed by atoms with Gasteiger partial charge in [-0.25, -0.2) is 0 Å². The summed E-state index contributed by atoms with van der Waals surface area (Å²) in [5, 5.41) is 3.72. The summed E-state index contributed by atoms with van der Waals surface area (Å²) in [7, 11) is 3.57. The van der Waals surface area contributed by atoms with Crippen LogP contribution >= 0.6 is 0 Å². The second-order valence-corrected chi connectivity index (χ2v) is 8.02. The van der Waals surface area contributed by atoms with Gasteiger partial charge in [-0.15, -0.1) is 0 Å². The van der Waals surface area contributed by atoms with Crippen LogP contribution < -0.4 is 10.6 Å². The van der Waals surface area contributed by atoms with E-state index in [9.17, 15) is 27.2 Å². The molecule has 0 aromatic heterocycles. The molecule has 2 aliphatic heterocycles. The molecular formula is C18H30F4N4O4. The Kier molecular flexibility index (Phi) is 8.05. The number of nitrogens with zero attached hydrogens (tertiary/aromatic N) is 2. The van der Waals surface area contributed by atoms with E-state index in [1.54, 1.807) is 14.1 Å². The van der Waals surface area contributed by atoms with Crippen LogP contribution in [0.15, 0.2) is 0 Å². The van der Waals surface area contributed by atoms with Gasteiger partial charge >= 0.3 is 11.8 Å². The van der Waals surface area contributed by atoms with Crippen LogP contribution in [0.1, 0.15) is 13.8 Å². The molecule has 2 heterocycles. The first-order valence-electron chi connectivity index (χ1n) is 9.84. The van der Waals surface area contributed by atoms with Gasteiger partial charge in [-0.2, -0.15) is 17.6 Å². The third-order valence-electron chi connectivity index (χ3n) is 5.39. The fourth-order valence-corrected chi connectivity index (χ4v) is 3.29. The molecule has 174 valence electrons. The van der Waals surface area contributed by atoms with Gasteiger partial charge in [-0.3, -0.25) is 9.59 Å². The first-order chi connectivity index (χ1) is 13.9. The molecule has 0 radical (unpaired) electrons. The maximum absolute atomic E-state index is 14.3. The molecule has 2 aliphatic rings. The van der Waals surface area contributed by atoms with Crippen molar-refractivity contribution >= 4 is 11.8 Å². The number of likely N-dealkylation sites (N-methyl/N-ethyl adjacent to an activating group) is 2. The van der Waals surface area contributed by atoms with Gasteiger partial charge in [0.2, 0.25) is 0 Å². The van der Waals surface area contributed by atoms with Crippen molar-refractivity contribution in [3.63, 3.8) is 0 Å². The molecule has 8 nitrogen and oxygen atoms in total. The summed E-state index contributed by atoms with van der Waals surface area (Å²) in [5.74, 6) is -14.9. The zero-order valence-corrected chi connectivity index (χ0v) is 17.6. The van der Waals surface area contributed by atoms with E-state index in [0.717, 1.165) is 0 Å². The van der Waals surface area contributed by atoms with E-state index in [-0.39, 0.29) is 0 Å². The Bertz CT molecular complexity index is 573. The number of carbonyl (C=O) groups excluding carboxylic acids is 2. The van der Waals surface area contributed by atoms with Crippen LogP contribution in [0.3, 0.4) is 0 Å². The van der Waals surface area contributed by atoms with Gasteiger partial charge in [-0.1, -0.05) is 0 Å². The maximum atomic E-state index is 14.3. The quantitative estimate of drug-likeness (QED) is 0.537. The van der Waals surface area contributed by atoms with Crippen LogP contribution in [0.4, 0.5) is 17.6 Å². The average molecular weight is 442 g/mol. The molecule has 2 saturated heterocycles. The van der Waals surface area contributed by atoms with E-state index in [2.05, 4.69) is 0 Å². The molecule has 4 atom stereocenters. The standard InChI is InChI=1S/C18H30F4N4O4/c1-11(13-9-25(3)5-7-29-13)23-15(27)17(19,20)18(21,22)16(28)24-12(2)14-10-26(4)6-8-30-14/h11-14H,5-10H2,1-4H3,(H,23,27)(H,24,28). The predicted molar refractivity (Wildman–Crippen MR) is 99.6 cm³/mol. The van der Waals surface area contributed by atoms with Gasteiger partial charge in [0.05, 0.1) is 37.5 Å². The Balaban J connectivity index is 1.98. The second-order valence-electron chi connectivity index (χ2n) is 8.02. The minimum Gasteiger partial charge on any atom is -0.373 e. The van der Waals surface area contributed by atoms with E-state index >= 15 is 0 Å². The topological polar surface area (TPSA) is 83.1 Å². The van der Waals surface area contributed by atoms with E-state index in [1.165, 1.54) is 13.8 Å². The number of alkyl halides is 4. The molecule has 0 aromatic carbocycles. The van der Waals surface area contributed by atoms with Crippen molar-refractivity contribution in [2.75, 3.05) is 53.5 Å². The number of rotatable bonds is 7. The van der Waals surface area contributed by atoms with Crippen molar-refractivity contribution in [3.05, 3.63) is 0 Å². The fourth-order valence-electron chi connectivity index (χ4n) is 3.29. The molecule has 0 saturated carbocycles. The first kappa shape index (κ1) is 24.8. The highest BCUT2D eigenvalue weighted by atomic mass is 19.3. The predicted octanol–water partition coefficient (Wildman–Crippen LogP) is -0.0724. The van der Waals surface area contributed by atoms with Gasteiger partial charge in [0.1, 0.15) is 0 Å². The summed E-state index contributed by atoms with van der Waals surface area (Å²) in [5.41, 5.74) is 0. The lowest BCUT2D eigenvalue weighted by Crippen LogP contribution is -2.64. The maximum Gasteiger partial charge on any atom is 0.395 e. The average Bonchev–Trinajstić information content (AvgIpc) is 2.67. The smallest absolute Gasteiger partial charge is 0.373 e. The van der Waals surface area contributed by atoms with Gasteiger partial charge in [0, 0.05) is 26.2 Å². The number of morpholine rings is 2. The normalized spacial score (nSPS) is 26.7. The molecule has 0 spiro atoms. The molecule has 12 heteroatoms. The summed E-state index contributed by atoms with van der Waals surface area (Å²) in [4.78, 5) is 27.6. The highest BCUT2D eigenvalue weighted by Crippen LogP contribution is 2.35. The van der Waals surface area contributed by atoms with E-state index in [4.69, 9.17) is 9.47 Å². The molecule has 2 fully saturated rings. The van der Waals surface area contributed by atoms with E-state index < -0.39 is 48.0 Å². The molecule has 4 unspecified atom stereocenters. The van der Waals surface area contributed by atoms with Crippen molar-refractivity contribution in [2.24, 2.45) is 0 Å². The lowest BCUT2D eigenvalue weighted by atomic mass is 10.1. The number of hydrogen-bond acceptors (Lipinski definition) is 6. The Labute approximate surface area is 173 Å². The van der Waals surface area contributed by atoms with Crippen LogP contribution in [-0.4, -0.2) is 111 Å². The van der Waals surface area contributed by atoms with Crippen molar-refractivity contribution in [3.8, 4) is 0 Å². The summed E-state index contributed by atoms with van der Waals surface area (Å²) in [6, 6.07) is -1.90. The molecule has 30 heavy (non-hydrogen) atoms. The number of carbonyl (C=O) groups is 2. The van der Waals surface area contributed by atoms with Gasteiger partial charge in [0.25, 0.3) is 11.8 Å². The Morgan fingerprint density at radius 1 is 0.833 bits per heavy atom.